The second kappa shape index (κ2) is 8.91. The molecule has 1 aliphatic rings. The molecule has 0 bridgehead atoms. The van der Waals surface area contributed by atoms with Gasteiger partial charge in [0.15, 0.2) is 0 Å². The second-order valence-corrected chi connectivity index (χ2v) is 5.19. The first-order valence-electron chi connectivity index (χ1n) is 7.38. The van der Waals surface area contributed by atoms with Crippen LogP contribution in [0.1, 0.15) is 45.4 Å². The largest absolute Gasteiger partial charge is 0.356 e. The molecular weight excluding hydrogens is 242 g/mol. The first-order chi connectivity index (χ1) is 9.15. The summed E-state index contributed by atoms with van der Waals surface area (Å²) in [4.78, 5) is 25.3. The van der Waals surface area contributed by atoms with Crippen LogP contribution < -0.4 is 10.6 Å². The van der Waals surface area contributed by atoms with Gasteiger partial charge in [-0.05, 0) is 38.8 Å². The predicted octanol–water partition coefficient (Wildman–Crippen LogP) is 0.893. The Morgan fingerprint density at radius 1 is 1.26 bits per heavy atom. The van der Waals surface area contributed by atoms with Crippen LogP contribution in [0.15, 0.2) is 0 Å². The number of piperidine rings is 1. The number of amides is 2. The van der Waals surface area contributed by atoms with Crippen molar-refractivity contribution in [1.29, 1.82) is 0 Å². The van der Waals surface area contributed by atoms with Gasteiger partial charge in [-0.15, -0.1) is 0 Å². The van der Waals surface area contributed by atoms with E-state index in [4.69, 9.17) is 0 Å². The minimum Gasteiger partial charge on any atom is -0.356 e. The molecule has 0 saturated carbocycles. The third-order valence-corrected chi connectivity index (χ3v) is 3.62. The summed E-state index contributed by atoms with van der Waals surface area (Å²) in [6.45, 7) is 4.73. The van der Waals surface area contributed by atoms with Gasteiger partial charge >= 0.3 is 0 Å². The summed E-state index contributed by atoms with van der Waals surface area (Å²) in [5, 5.41) is 6.12. The number of hydrogen-bond acceptors (Lipinski definition) is 3. The van der Waals surface area contributed by atoms with Crippen LogP contribution in [-0.4, -0.2) is 49.4 Å². The Morgan fingerprint density at radius 3 is 2.58 bits per heavy atom. The quantitative estimate of drug-likeness (QED) is 0.721. The van der Waals surface area contributed by atoms with Crippen molar-refractivity contribution in [1.82, 2.24) is 15.5 Å². The van der Waals surface area contributed by atoms with E-state index in [-0.39, 0.29) is 11.8 Å². The molecule has 0 radical (unpaired) electrons. The van der Waals surface area contributed by atoms with Crippen LogP contribution >= 0.6 is 0 Å². The van der Waals surface area contributed by atoms with Gasteiger partial charge in [0.05, 0.1) is 0 Å². The van der Waals surface area contributed by atoms with Gasteiger partial charge in [-0.2, -0.15) is 0 Å². The third kappa shape index (κ3) is 6.05. The number of nitrogens with one attached hydrogen (secondary N) is 2. The average molecular weight is 269 g/mol. The summed E-state index contributed by atoms with van der Waals surface area (Å²) < 4.78 is 0. The molecule has 2 amide bonds. The summed E-state index contributed by atoms with van der Waals surface area (Å²) in [6.07, 6.45) is 4.57. The lowest BCUT2D eigenvalue weighted by atomic mass is 10.0. The first-order valence-corrected chi connectivity index (χ1v) is 7.38. The summed E-state index contributed by atoms with van der Waals surface area (Å²) in [7, 11) is 1.88. The van der Waals surface area contributed by atoms with E-state index < -0.39 is 0 Å². The van der Waals surface area contributed by atoms with E-state index in [2.05, 4.69) is 10.6 Å². The molecule has 1 aliphatic heterocycles. The van der Waals surface area contributed by atoms with Crippen molar-refractivity contribution in [3.05, 3.63) is 0 Å². The Morgan fingerprint density at radius 2 is 1.95 bits per heavy atom. The molecule has 1 fully saturated rings. The van der Waals surface area contributed by atoms with Crippen LogP contribution in [0.4, 0.5) is 0 Å². The van der Waals surface area contributed by atoms with Crippen LogP contribution in [0.25, 0.3) is 0 Å². The number of nitrogens with zero attached hydrogens (tertiary/aromatic N) is 1. The van der Waals surface area contributed by atoms with Gasteiger partial charge < -0.3 is 15.5 Å². The lowest BCUT2D eigenvalue weighted by Crippen LogP contribution is -2.43. The second-order valence-electron chi connectivity index (χ2n) is 5.19. The minimum atomic E-state index is 0.0548. The van der Waals surface area contributed by atoms with Gasteiger partial charge in [-0.1, -0.05) is 6.92 Å². The minimum absolute atomic E-state index is 0.0548. The topological polar surface area (TPSA) is 61.4 Å². The van der Waals surface area contributed by atoms with Crippen LogP contribution in [0.5, 0.6) is 0 Å². The van der Waals surface area contributed by atoms with Gasteiger partial charge in [0.25, 0.3) is 0 Å². The van der Waals surface area contributed by atoms with Crippen molar-refractivity contribution in [2.75, 3.05) is 26.7 Å². The van der Waals surface area contributed by atoms with Gasteiger partial charge in [0.1, 0.15) is 0 Å². The van der Waals surface area contributed by atoms with Crippen molar-refractivity contribution in [2.24, 2.45) is 0 Å². The van der Waals surface area contributed by atoms with Crippen LogP contribution in [0.3, 0.4) is 0 Å². The molecular formula is C14H27N3O2. The molecule has 0 aromatic rings. The van der Waals surface area contributed by atoms with Gasteiger partial charge in [0.2, 0.25) is 11.8 Å². The molecule has 0 aromatic heterocycles. The molecule has 1 rings (SSSR count). The highest BCUT2D eigenvalue weighted by molar-refractivity contribution is 5.79. The molecule has 0 unspecified atom stereocenters. The maximum Gasteiger partial charge on any atom is 0.222 e. The fourth-order valence-corrected chi connectivity index (χ4v) is 2.33. The molecule has 0 atom stereocenters. The Balaban J connectivity index is 2.17. The molecule has 5 nitrogen and oxygen atoms in total. The summed E-state index contributed by atoms with van der Waals surface area (Å²) in [5.41, 5.74) is 0. The monoisotopic (exact) mass is 269 g/mol. The maximum absolute atomic E-state index is 12.0. The van der Waals surface area contributed by atoms with E-state index in [1.54, 1.807) is 0 Å². The van der Waals surface area contributed by atoms with Crippen LogP contribution in [-0.2, 0) is 9.59 Å². The van der Waals surface area contributed by atoms with E-state index in [0.29, 0.717) is 25.3 Å². The summed E-state index contributed by atoms with van der Waals surface area (Å²) >= 11 is 0. The molecule has 19 heavy (non-hydrogen) atoms. The number of carbonyl (C=O) groups excluding carboxylic acids is 2. The number of carbonyl (C=O) groups is 2. The van der Waals surface area contributed by atoms with Crippen molar-refractivity contribution in [3.8, 4) is 0 Å². The third-order valence-electron chi connectivity index (χ3n) is 3.62. The molecule has 1 saturated heterocycles. The normalized spacial score (nSPS) is 16.1. The predicted molar refractivity (Wildman–Crippen MR) is 75.8 cm³/mol. The summed E-state index contributed by atoms with van der Waals surface area (Å²) in [5.74, 6) is 0.217. The highest BCUT2D eigenvalue weighted by Crippen LogP contribution is 2.12. The van der Waals surface area contributed by atoms with Crippen molar-refractivity contribution < 1.29 is 9.59 Å². The van der Waals surface area contributed by atoms with E-state index in [9.17, 15) is 9.59 Å². The van der Waals surface area contributed by atoms with Gasteiger partial charge in [-0.3, -0.25) is 9.59 Å². The highest BCUT2D eigenvalue weighted by Gasteiger charge is 2.21. The highest BCUT2D eigenvalue weighted by atomic mass is 16.2. The first kappa shape index (κ1) is 16.0. The average Bonchev–Trinajstić information content (AvgIpc) is 2.45. The van der Waals surface area contributed by atoms with Crippen LogP contribution in [0, 0.1) is 0 Å². The van der Waals surface area contributed by atoms with E-state index >= 15 is 0 Å². The Kier molecular flexibility index (Phi) is 7.48. The molecule has 0 aromatic carbocycles. The number of hydrogen-bond donors (Lipinski definition) is 2. The Bertz CT molecular complexity index is 288. The molecule has 0 spiro atoms. The van der Waals surface area contributed by atoms with E-state index in [0.717, 1.165) is 38.9 Å². The molecule has 0 aliphatic carbocycles. The van der Waals surface area contributed by atoms with E-state index in [1.165, 1.54) is 0 Å². The zero-order valence-electron chi connectivity index (χ0n) is 12.2. The fraction of sp³-hybridized carbons (Fsp3) is 0.857. The van der Waals surface area contributed by atoms with Crippen molar-refractivity contribution in [2.45, 2.75) is 51.5 Å². The standard InChI is InChI=1S/C14H27N3O2/c1-3-9-16-13(18)5-4-6-14(19)17(2)12-7-10-15-11-8-12/h12,15H,3-11H2,1-2H3,(H,16,18). The van der Waals surface area contributed by atoms with Crippen molar-refractivity contribution in [3.63, 3.8) is 0 Å². The molecule has 5 heteroatoms. The molecule has 110 valence electrons. The lowest BCUT2D eigenvalue weighted by molar-refractivity contribution is -0.132. The SMILES string of the molecule is CCCNC(=O)CCCC(=O)N(C)C1CCNCC1. The van der Waals surface area contributed by atoms with Gasteiger partial charge in [0, 0.05) is 32.5 Å². The van der Waals surface area contributed by atoms with Crippen molar-refractivity contribution >= 4 is 11.8 Å². The molecule has 1 heterocycles. The smallest absolute Gasteiger partial charge is 0.222 e. The zero-order valence-corrected chi connectivity index (χ0v) is 12.2. The van der Waals surface area contributed by atoms with Crippen LogP contribution in [0.2, 0.25) is 0 Å². The lowest BCUT2D eigenvalue weighted by Gasteiger charge is -2.31. The van der Waals surface area contributed by atoms with E-state index in [1.807, 2.05) is 18.9 Å². The fourth-order valence-electron chi connectivity index (χ4n) is 2.33. The zero-order chi connectivity index (χ0) is 14.1. The Labute approximate surface area is 116 Å². The Hall–Kier alpha value is -1.10. The summed E-state index contributed by atoms with van der Waals surface area (Å²) in [6, 6.07) is 0.364. The maximum atomic E-state index is 12.0. The van der Waals surface area contributed by atoms with Gasteiger partial charge in [-0.25, -0.2) is 0 Å². The molecule has 2 N–H and O–H groups in total. The number of rotatable bonds is 7.